The van der Waals surface area contributed by atoms with Gasteiger partial charge in [-0.15, -0.1) is 0 Å². The van der Waals surface area contributed by atoms with Crippen molar-refractivity contribution >= 4 is 17.3 Å². The molecule has 30 heavy (non-hydrogen) atoms. The standard InChI is InChI=1S/C24H28N4OS/c1-5-27-16(2)14-20(17(27)3)23-22(21-8-6-7-13-25-21)26-24(30)28(23)15-18-9-11-19(29-4)12-10-18/h6-14,22-23H,5,15H2,1-4H3,(H,26,30)/t22-,23+/m0/s1. The maximum atomic E-state index is 5.81. The van der Waals surface area contributed by atoms with E-state index in [4.69, 9.17) is 17.0 Å². The molecule has 6 heteroatoms. The second-order valence-corrected chi connectivity index (χ2v) is 8.06. The Kier molecular flexibility index (Phi) is 5.77. The summed E-state index contributed by atoms with van der Waals surface area (Å²) in [6.45, 7) is 8.24. The fraction of sp³-hybridized carbons (Fsp3) is 0.333. The number of nitrogens with zero attached hydrogens (tertiary/aromatic N) is 3. The summed E-state index contributed by atoms with van der Waals surface area (Å²) in [5.74, 6) is 0.857. The van der Waals surface area contributed by atoms with E-state index in [9.17, 15) is 0 Å². The van der Waals surface area contributed by atoms with Gasteiger partial charge in [0, 0.05) is 30.7 Å². The summed E-state index contributed by atoms with van der Waals surface area (Å²) < 4.78 is 7.67. The summed E-state index contributed by atoms with van der Waals surface area (Å²) in [6, 6.07) is 16.6. The first-order chi connectivity index (χ1) is 14.5. The third kappa shape index (κ3) is 3.67. The molecule has 0 amide bonds. The summed E-state index contributed by atoms with van der Waals surface area (Å²) >= 11 is 5.81. The number of nitrogens with one attached hydrogen (secondary N) is 1. The molecule has 0 radical (unpaired) electrons. The average molecular weight is 421 g/mol. The van der Waals surface area contributed by atoms with Gasteiger partial charge in [-0.2, -0.15) is 0 Å². The number of thiocarbonyl (C=S) groups is 1. The molecule has 1 N–H and O–H groups in total. The van der Waals surface area contributed by atoms with Crippen LogP contribution in [0.5, 0.6) is 5.75 Å². The number of ether oxygens (including phenoxy) is 1. The van der Waals surface area contributed by atoms with Gasteiger partial charge in [-0.3, -0.25) is 4.98 Å². The quantitative estimate of drug-likeness (QED) is 0.586. The molecule has 3 aromatic rings. The molecule has 2 atom stereocenters. The largest absolute Gasteiger partial charge is 0.497 e. The van der Waals surface area contributed by atoms with Crippen LogP contribution in [0.4, 0.5) is 0 Å². The van der Waals surface area contributed by atoms with Crippen LogP contribution in [-0.2, 0) is 13.1 Å². The molecular formula is C24H28N4OS. The lowest BCUT2D eigenvalue weighted by Crippen LogP contribution is -2.29. The third-order valence-corrected chi connectivity index (χ3v) is 6.31. The second kappa shape index (κ2) is 8.48. The van der Waals surface area contributed by atoms with Crippen LogP contribution < -0.4 is 10.1 Å². The van der Waals surface area contributed by atoms with Gasteiger partial charge < -0.3 is 19.5 Å². The Labute approximate surface area is 183 Å². The van der Waals surface area contributed by atoms with Crippen molar-refractivity contribution in [2.24, 2.45) is 0 Å². The van der Waals surface area contributed by atoms with Crippen molar-refractivity contribution < 1.29 is 4.74 Å². The molecule has 1 fully saturated rings. The molecule has 0 aliphatic carbocycles. The topological polar surface area (TPSA) is 42.3 Å². The van der Waals surface area contributed by atoms with Gasteiger partial charge in [0.05, 0.1) is 24.9 Å². The number of hydrogen-bond acceptors (Lipinski definition) is 3. The van der Waals surface area contributed by atoms with Gasteiger partial charge in [0.1, 0.15) is 5.75 Å². The minimum atomic E-state index is 0.00255. The van der Waals surface area contributed by atoms with Gasteiger partial charge in [-0.1, -0.05) is 18.2 Å². The van der Waals surface area contributed by atoms with E-state index in [2.05, 4.69) is 64.8 Å². The number of hydrogen-bond donors (Lipinski definition) is 1. The lowest BCUT2D eigenvalue weighted by atomic mass is 9.96. The van der Waals surface area contributed by atoms with Crippen molar-refractivity contribution in [2.45, 2.75) is 45.9 Å². The lowest BCUT2D eigenvalue weighted by molar-refractivity contribution is 0.309. The Morgan fingerprint density at radius 1 is 1.13 bits per heavy atom. The number of rotatable bonds is 6. The Morgan fingerprint density at radius 2 is 1.90 bits per heavy atom. The summed E-state index contributed by atoms with van der Waals surface area (Å²) in [4.78, 5) is 6.93. The van der Waals surface area contributed by atoms with Crippen molar-refractivity contribution in [1.29, 1.82) is 0 Å². The molecule has 0 spiro atoms. The molecule has 3 heterocycles. The van der Waals surface area contributed by atoms with Crippen molar-refractivity contribution in [2.75, 3.05) is 7.11 Å². The van der Waals surface area contributed by atoms with Crippen LogP contribution in [0.2, 0.25) is 0 Å². The van der Waals surface area contributed by atoms with E-state index < -0.39 is 0 Å². The summed E-state index contributed by atoms with van der Waals surface area (Å²) in [7, 11) is 1.69. The fourth-order valence-corrected chi connectivity index (χ4v) is 4.76. The van der Waals surface area contributed by atoms with Crippen LogP contribution in [0.1, 0.15) is 47.2 Å². The molecule has 0 bridgehead atoms. The first kappa shape index (κ1) is 20.4. The van der Waals surface area contributed by atoms with Gasteiger partial charge in [-0.25, -0.2) is 0 Å². The molecule has 1 aromatic carbocycles. The molecule has 0 saturated carbocycles. The highest BCUT2D eigenvalue weighted by Gasteiger charge is 2.41. The van der Waals surface area contributed by atoms with Gasteiger partial charge in [-0.05, 0) is 74.4 Å². The van der Waals surface area contributed by atoms with Crippen LogP contribution in [0.15, 0.2) is 54.7 Å². The summed E-state index contributed by atoms with van der Waals surface area (Å²) in [6.07, 6.45) is 1.85. The first-order valence-corrected chi connectivity index (χ1v) is 10.7. The second-order valence-electron chi connectivity index (χ2n) is 7.67. The fourth-order valence-electron chi connectivity index (χ4n) is 4.46. The zero-order valence-corrected chi connectivity index (χ0v) is 18.7. The molecule has 4 rings (SSSR count). The van der Waals surface area contributed by atoms with Crippen molar-refractivity contribution in [1.82, 2.24) is 19.8 Å². The van der Waals surface area contributed by atoms with Crippen LogP contribution in [0, 0.1) is 13.8 Å². The summed E-state index contributed by atoms with van der Waals surface area (Å²) in [5.41, 5.74) is 6.05. The van der Waals surface area contributed by atoms with Crippen LogP contribution in [-0.4, -0.2) is 26.7 Å². The zero-order valence-electron chi connectivity index (χ0n) is 17.9. The van der Waals surface area contributed by atoms with Gasteiger partial charge in [0.15, 0.2) is 5.11 Å². The number of benzene rings is 1. The highest BCUT2D eigenvalue weighted by molar-refractivity contribution is 7.80. The number of pyridine rings is 1. The molecule has 2 aromatic heterocycles. The van der Waals surface area contributed by atoms with Gasteiger partial charge in [0.25, 0.3) is 0 Å². The average Bonchev–Trinajstić information content (AvgIpc) is 3.24. The Balaban J connectivity index is 1.76. The maximum absolute atomic E-state index is 5.81. The van der Waals surface area contributed by atoms with Crippen molar-refractivity contribution in [3.63, 3.8) is 0 Å². The third-order valence-electron chi connectivity index (χ3n) is 5.96. The van der Waals surface area contributed by atoms with Crippen molar-refractivity contribution in [3.05, 3.63) is 82.9 Å². The summed E-state index contributed by atoms with van der Waals surface area (Å²) in [5, 5.41) is 4.30. The number of aryl methyl sites for hydroxylation is 1. The SMILES string of the molecule is CCn1c(C)cc([C@@H]2[C@H](c3ccccn3)NC(=S)N2Cc2ccc(OC)cc2)c1C. The van der Waals surface area contributed by atoms with Gasteiger partial charge >= 0.3 is 0 Å². The molecule has 156 valence electrons. The highest BCUT2D eigenvalue weighted by atomic mass is 32.1. The van der Waals surface area contributed by atoms with E-state index in [1.54, 1.807) is 7.11 Å². The van der Waals surface area contributed by atoms with E-state index in [0.717, 1.165) is 29.6 Å². The van der Waals surface area contributed by atoms with Crippen LogP contribution >= 0.6 is 12.2 Å². The minimum Gasteiger partial charge on any atom is -0.497 e. The first-order valence-electron chi connectivity index (χ1n) is 10.3. The van der Waals surface area contributed by atoms with Crippen LogP contribution in [0.25, 0.3) is 0 Å². The van der Waals surface area contributed by atoms with Crippen molar-refractivity contribution in [3.8, 4) is 5.75 Å². The molecule has 5 nitrogen and oxygen atoms in total. The Hall–Kier alpha value is -2.86. The van der Waals surface area contributed by atoms with E-state index in [-0.39, 0.29) is 12.1 Å². The smallest absolute Gasteiger partial charge is 0.170 e. The Bertz CT molecular complexity index is 1030. The maximum Gasteiger partial charge on any atom is 0.170 e. The Morgan fingerprint density at radius 3 is 2.50 bits per heavy atom. The predicted molar refractivity (Wildman–Crippen MR) is 124 cm³/mol. The lowest BCUT2D eigenvalue weighted by Gasteiger charge is -2.28. The highest BCUT2D eigenvalue weighted by Crippen LogP contribution is 2.41. The number of aromatic nitrogens is 2. The van der Waals surface area contributed by atoms with E-state index in [0.29, 0.717) is 0 Å². The van der Waals surface area contributed by atoms with E-state index in [1.807, 2.05) is 30.5 Å². The normalized spacial score (nSPS) is 18.5. The number of methoxy groups -OCH3 is 1. The molecular weight excluding hydrogens is 392 g/mol. The monoisotopic (exact) mass is 420 g/mol. The minimum absolute atomic E-state index is 0.00255. The molecule has 1 aliphatic heterocycles. The molecule has 0 unspecified atom stereocenters. The van der Waals surface area contributed by atoms with E-state index >= 15 is 0 Å². The molecule has 1 aliphatic rings. The van der Waals surface area contributed by atoms with Gasteiger partial charge in [0.2, 0.25) is 0 Å². The van der Waals surface area contributed by atoms with E-state index in [1.165, 1.54) is 22.5 Å². The zero-order chi connectivity index (χ0) is 21.3. The predicted octanol–water partition coefficient (Wildman–Crippen LogP) is 4.70. The van der Waals surface area contributed by atoms with Crippen LogP contribution in [0.3, 0.4) is 0 Å². The molecule has 1 saturated heterocycles.